The van der Waals surface area contributed by atoms with Gasteiger partial charge in [0.05, 0.1) is 16.7 Å². The van der Waals surface area contributed by atoms with Crippen molar-refractivity contribution in [1.82, 2.24) is 15.0 Å². The van der Waals surface area contributed by atoms with Crippen LogP contribution in [0.2, 0.25) is 0 Å². The zero-order valence-corrected chi connectivity index (χ0v) is 12.2. The summed E-state index contributed by atoms with van der Waals surface area (Å²) in [5.74, 6) is 1.02. The van der Waals surface area contributed by atoms with Crippen molar-refractivity contribution >= 4 is 11.0 Å². The lowest BCUT2D eigenvalue weighted by atomic mass is 10.1. The number of nitrogens with one attached hydrogen (secondary N) is 1. The number of fused-ring (bicyclic) bond motifs is 1. The highest BCUT2D eigenvalue weighted by atomic mass is 14.9. The average molecular weight is 259 g/mol. The van der Waals surface area contributed by atoms with Crippen molar-refractivity contribution in [3.05, 3.63) is 23.8 Å². The Hall–Kier alpha value is -1.38. The lowest BCUT2D eigenvalue weighted by Gasteiger charge is -2.06. The maximum atomic E-state index is 4.77. The number of aromatic nitrogens is 3. The summed E-state index contributed by atoms with van der Waals surface area (Å²) in [6.07, 6.45) is 11.5. The van der Waals surface area contributed by atoms with Gasteiger partial charge in [-0.25, -0.2) is 9.97 Å². The molecule has 2 heterocycles. The van der Waals surface area contributed by atoms with Gasteiger partial charge >= 0.3 is 0 Å². The molecule has 3 nitrogen and oxygen atoms in total. The van der Waals surface area contributed by atoms with Gasteiger partial charge in [-0.3, -0.25) is 0 Å². The molecule has 19 heavy (non-hydrogen) atoms. The third-order valence-electron chi connectivity index (χ3n) is 3.55. The van der Waals surface area contributed by atoms with E-state index in [1.165, 1.54) is 44.2 Å². The molecule has 2 aromatic heterocycles. The van der Waals surface area contributed by atoms with Crippen molar-refractivity contribution in [3.63, 3.8) is 0 Å². The van der Waals surface area contributed by atoms with Crippen LogP contribution in [0.1, 0.15) is 63.9 Å². The number of H-pyrrole nitrogens is 1. The Morgan fingerprint density at radius 2 is 1.68 bits per heavy atom. The van der Waals surface area contributed by atoms with Gasteiger partial charge in [-0.1, -0.05) is 39.5 Å². The fraction of sp³-hybridized carbons (Fsp3) is 0.625. The number of hydrogen-bond acceptors (Lipinski definition) is 2. The van der Waals surface area contributed by atoms with Crippen LogP contribution in [0.15, 0.2) is 12.3 Å². The van der Waals surface area contributed by atoms with Crippen molar-refractivity contribution in [2.45, 2.75) is 65.2 Å². The Labute approximate surface area is 115 Å². The van der Waals surface area contributed by atoms with Crippen molar-refractivity contribution in [2.75, 3.05) is 0 Å². The first kappa shape index (κ1) is 14.0. The molecule has 104 valence electrons. The van der Waals surface area contributed by atoms with Crippen LogP contribution >= 0.6 is 0 Å². The third-order valence-corrected chi connectivity index (χ3v) is 3.55. The van der Waals surface area contributed by atoms with Crippen LogP contribution in [0.4, 0.5) is 0 Å². The highest BCUT2D eigenvalue weighted by Crippen LogP contribution is 2.17. The molecule has 0 saturated carbocycles. The predicted octanol–water partition coefficient (Wildman–Crippen LogP) is 4.42. The SMILES string of the molecule is CCCCCc1nc(CCCCC)c2[nH]ccc2n1. The monoisotopic (exact) mass is 259 g/mol. The summed E-state index contributed by atoms with van der Waals surface area (Å²) in [4.78, 5) is 12.7. The highest BCUT2D eigenvalue weighted by Gasteiger charge is 2.08. The molecule has 2 aromatic rings. The Bertz CT molecular complexity index is 502. The van der Waals surface area contributed by atoms with Crippen LogP contribution in [0.25, 0.3) is 11.0 Å². The van der Waals surface area contributed by atoms with E-state index in [0.29, 0.717) is 0 Å². The molecule has 0 bridgehead atoms. The fourth-order valence-electron chi connectivity index (χ4n) is 2.43. The molecule has 0 saturated heterocycles. The molecule has 0 unspecified atom stereocenters. The lowest BCUT2D eigenvalue weighted by molar-refractivity contribution is 0.680. The summed E-state index contributed by atoms with van der Waals surface area (Å²) in [6.45, 7) is 4.47. The minimum Gasteiger partial charge on any atom is -0.358 e. The van der Waals surface area contributed by atoms with E-state index in [2.05, 4.69) is 29.9 Å². The van der Waals surface area contributed by atoms with E-state index in [4.69, 9.17) is 4.98 Å². The molecular formula is C16H25N3. The number of rotatable bonds is 8. The smallest absolute Gasteiger partial charge is 0.129 e. The van der Waals surface area contributed by atoms with Crippen LogP contribution in [0.5, 0.6) is 0 Å². The van der Waals surface area contributed by atoms with E-state index in [9.17, 15) is 0 Å². The van der Waals surface area contributed by atoms with Crippen molar-refractivity contribution in [2.24, 2.45) is 0 Å². The molecule has 0 spiro atoms. The number of unbranched alkanes of at least 4 members (excludes halogenated alkanes) is 4. The molecule has 2 rings (SSSR count). The van der Waals surface area contributed by atoms with Gasteiger partial charge in [0.25, 0.3) is 0 Å². The van der Waals surface area contributed by atoms with Crippen LogP contribution in [-0.2, 0) is 12.8 Å². The fourth-order valence-corrected chi connectivity index (χ4v) is 2.43. The van der Waals surface area contributed by atoms with Gasteiger partial charge in [0.2, 0.25) is 0 Å². The summed E-state index contributed by atoms with van der Waals surface area (Å²) < 4.78 is 0. The maximum Gasteiger partial charge on any atom is 0.129 e. The Morgan fingerprint density at radius 1 is 0.947 bits per heavy atom. The van der Waals surface area contributed by atoms with Crippen LogP contribution in [0, 0.1) is 0 Å². The molecule has 0 aliphatic heterocycles. The first-order chi connectivity index (χ1) is 9.35. The normalized spacial score (nSPS) is 11.3. The molecule has 0 radical (unpaired) electrons. The Kier molecular flexibility index (Phi) is 5.37. The summed E-state index contributed by atoms with van der Waals surface area (Å²) >= 11 is 0. The van der Waals surface area contributed by atoms with E-state index >= 15 is 0 Å². The quantitative estimate of drug-likeness (QED) is 0.713. The number of hydrogen-bond donors (Lipinski definition) is 1. The van der Waals surface area contributed by atoms with Crippen molar-refractivity contribution in [3.8, 4) is 0 Å². The second-order valence-corrected chi connectivity index (χ2v) is 5.24. The van der Waals surface area contributed by atoms with Gasteiger partial charge < -0.3 is 4.98 Å². The van der Waals surface area contributed by atoms with E-state index in [0.717, 1.165) is 29.7 Å². The molecule has 0 aliphatic rings. The average Bonchev–Trinajstić information content (AvgIpc) is 2.88. The van der Waals surface area contributed by atoms with E-state index < -0.39 is 0 Å². The van der Waals surface area contributed by atoms with Crippen LogP contribution < -0.4 is 0 Å². The minimum absolute atomic E-state index is 1.01. The zero-order chi connectivity index (χ0) is 13.5. The zero-order valence-electron chi connectivity index (χ0n) is 12.2. The molecule has 0 fully saturated rings. The standard InChI is InChI=1S/C16H25N3/c1-3-5-7-9-13-16-14(11-12-17-16)19-15(18-13)10-8-6-4-2/h11-12,17H,3-10H2,1-2H3. The first-order valence-corrected chi connectivity index (χ1v) is 7.68. The Morgan fingerprint density at radius 3 is 2.42 bits per heavy atom. The van der Waals surface area contributed by atoms with Crippen LogP contribution in [0.3, 0.4) is 0 Å². The summed E-state index contributed by atoms with van der Waals surface area (Å²) in [5.41, 5.74) is 3.42. The van der Waals surface area contributed by atoms with Gasteiger partial charge in [0, 0.05) is 12.6 Å². The summed E-state index contributed by atoms with van der Waals surface area (Å²) in [7, 11) is 0. The van der Waals surface area contributed by atoms with Gasteiger partial charge in [0.15, 0.2) is 0 Å². The third kappa shape index (κ3) is 3.79. The molecule has 0 aromatic carbocycles. The molecule has 3 heteroatoms. The highest BCUT2D eigenvalue weighted by molar-refractivity contribution is 5.77. The maximum absolute atomic E-state index is 4.77. The lowest BCUT2D eigenvalue weighted by Crippen LogP contribution is -2.01. The Balaban J connectivity index is 2.14. The topological polar surface area (TPSA) is 41.6 Å². The van der Waals surface area contributed by atoms with E-state index in [1.54, 1.807) is 0 Å². The number of aromatic amines is 1. The van der Waals surface area contributed by atoms with Gasteiger partial charge in [-0.15, -0.1) is 0 Å². The van der Waals surface area contributed by atoms with Crippen molar-refractivity contribution in [1.29, 1.82) is 0 Å². The summed E-state index contributed by atoms with van der Waals surface area (Å²) in [5, 5.41) is 0. The first-order valence-electron chi connectivity index (χ1n) is 7.68. The van der Waals surface area contributed by atoms with Gasteiger partial charge in [-0.2, -0.15) is 0 Å². The van der Waals surface area contributed by atoms with Gasteiger partial charge in [-0.05, 0) is 25.3 Å². The van der Waals surface area contributed by atoms with E-state index in [1.807, 2.05) is 6.20 Å². The second kappa shape index (κ2) is 7.27. The van der Waals surface area contributed by atoms with Gasteiger partial charge in [0.1, 0.15) is 5.82 Å². The van der Waals surface area contributed by atoms with Crippen molar-refractivity contribution < 1.29 is 0 Å². The summed E-state index contributed by atoms with van der Waals surface area (Å²) in [6, 6.07) is 2.06. The molecule has 0 amide bonds. The number of nitrogens with zero attached hydrogens (tertiary/aromatic N) is 2. The van der Waals surface area contributed by atoms with Crippen LogP contribution in [-0.4, -0.2) is 15.0 Å². The van der Waals surface area contributed by atoms with E-state index in [-0.39, 0.29) is 0 Å². The predicted molar refractivity (Wildman–Crippen MR) is 80.3 cm³/mol. The second-order valence-electron chi connectivity index (χ2n) is 5.24. The largest absolute Gasteiger partial charge is 0.358 e. The molecular weight excluding hydrogens is 234 g/mol. The molecule has 0 aliphatic carbocycles. The molecule has 0 atom stereocenters. The minimum atomic E-state index is 1.01. The number of aryl methyl sites for hydroxylation is 2. The molecule has 1 N–H and O–H groups in total.